The van der Waals surface area contributed by atoms with Crippen molar-refractivity contribution in [2.24, 2.45) is 4.99 Å². The van der Waals surface area contributed by atoms with Gasteiger partial charge in [-0.25, -0.2) is 4.99 Å². The van der Waals surface area contributed by atoms with Crippen molar-refractivity contribution in [3.63, 3.8) is 0 Å². The number of nitrogens with zero attached hydrogens (tertiary/aromatic N) is 1. The summed E-state index contributed by atoms with van der Waals surface area (Å²) in [7, 11) is 0. The van der Waals surface area contributed by atoms with Gasteiger partial charge in [0.05, 0.1) is 5.71 Å². The molecule has 0 aromatic carbocycles. The van der Waals surface area contributed by atoms with Gasteiger partial charge in [0.1, 0.15) is 0 Å². The fourth-order valence-corrected chi connectivity index (χ4v) is 0.889. The second kappa shape index (κ2) is 2.42. The maximum atomic E-state index is 11.1. The minimum absolute atomic E-state index is 0.123. The summed E-state index contributed by atoms with van der Waals surface area (Å²) in [4.78, 5) is 25.7. The number of allylic oxidation sites excluding steroid dienone is 1. The minimum Gasteiger partial charge on any atom is -0.288 e. The Hall–Kier alpha value is -1.25. The largest absolute Gasteiger partial charge is 0.288 e. The zero-order chi connectivity index (χ0) is 8.59. The highest BCUT2D eigenvalue weighted by molar-refractivity contribution is 6.48. The molecule has 0 saturated heterocycles. The molecule has 0 saturated carbocycles. The van der Waals surface area contributed by atoms with E-state index in [4.69, 9.17) is 0 Å². The SMILES string of the molecule is CC1=NC(=O)C(C)=C(C)C1=O. The highest BCUT2D eigenvalue weighted by atomic mass is 16.2. The molecule has 0 bridgehead atoms. The summed E-state index contributed by atoms with van der Waals surface area (Å²) in [5.74, 6) is -0.415. The molecule has 0 aromatic rings. The van der Waals surface area contributed by atoms with Crippen LogP contribution in [0, 0.1) is 0 Å². The average molecular weight is 151 g/mol. The number of aliphatic imine (C=N–C) groups is 1. The molecule has 0 spiro atoms. The van der Waals surface area contributed by atoms with E-state index in [1.807, 2.05) is 0 Å². The Labute approximate surface area is 64.8 Å². The maximum Gasteiger partial charge on any atom is 0.273 e. The van der Waals surface area contributed by atoms with E-state index in [2.05, 4.69) is 4.99 Å². The van der Waals surface area contributed by atoms with Gasteiger partial charge in [-0.2, -0.15) is 0 Å². The number of hydrogen-bond acceptors (Lipinski definition) is 2. The zero-order valence-electron chi connectivity index (χ0n) is 6.76. The molecule has 0 atom stereocenters. The second-order valence-corrected chi connectivity index (χ2v) is 2.58. The van der Waals surface area contributed by atoms with E-state index < -0.39 is 0 Å². The highest BCUT2D eigenvalue weighted by Crippen LogP contribution is 2.12. The van der Waals surface area contributed by atoms with Crippen LogP contribution in [0.4, 0.5) is 0 Å². The van der Waals surface area contributed by atoms with Crippen LogP contribution in [-0.4, -0.2) is 17.4 Å². The topological polar surface area (TPSA) is 46.5 Å². The van der Waals surface area contributed by atoms with E-state index in [-0.39, 0.29) is 17.4 Å². The van der Waals surface area contributed by atoms with Crippen LogP contribution in [-0.2, 0) is 9.59 Å². The molecule has 0 N–H and O–H groups in total. The Morgan fingerprint density at radius 3 is 2.09 bits per heavy atom. The highest BCUT2D eigenvalue weighted by Gasteiger charge is 2.21. The molecule has 1 rings (SSSR count). The van der Waals surface area contributed by atoms with Gasteiger partial charge in [0, 0.05) is 11.1 Å². The molecule has 1 aliphatic rings. The Kier molecular flexibility index (Phi) is 1.72. The van der Waals surface area contributed by atoms with Gasteiger partial charge in [0.25, 0.3) is 5.91 Å². The van der Waals surface area contributed by atoms with Gasteiger partial charge in [-0.15, -0.1) is 0 Å². The van der Waals surface area contributed by atoms with E-state index in [0.717, 1.165) is 0 Å². The molecular formula is C8H9NO2. The Balaban J connectivity index is 3.19. The van der Waals surface area contributed by atoms with Gasteiger partial charge in [0.15, 0.2) is 0 Å². The van der Waals surface area contributed by atoms with Crippen molar-refractivity contribution in [2.75, 3.05) is 0 Å². The molecule has 11 heavy (non-hydrogen) atoms. The predicted molar refractivity (Wildman–Crippen MR) is 41.5 cm³/mol. The number of amides is 1. The number of carbonyl (C=O) groups is 2. The van der Waals surface area contributed by atoms with E-state index in [1.54, 1.807) is 20.8 Å². The first-order valence-electron chi connectivity index (χ1n) is 3.36. The van der Waals surface area contributed by atoms with Crippen LogP contribution in [0.1, 0.15) is 20.8 Å². The third kappa shape index (κ3) is 1.13. The first-order chi connectivity index (χ1) is 5.04. The van der Waals surface area contributed by atoms with Crippen LogP contribution >= 0.6 is 0 Å². The second-order valence-electron chi connectivity index (χ2n) is 2.58. The summed E-state index contributed by atoms with van der Waals surface area (Å²) in [6, 6.07) is 0. The Morgan fingerprint density at radius 2 is 1.55 bits per heavy atom. The van der Waals surface area contributed by atoms with E-state index >= 15 is 0 Å². The molecule has 0 unspecified atom stereocenters. The molecule has 0 aromatic heterocycles. The number of Topliss-reactive ketones (excluding diaryl/α,β-unsaturated/α-hetero) is 1. The van der Waals surface area contributed by atoms with Crippen LogP contribution in [0.25, 0.3) is 0 Å². The van der Waals surface area contributed by atoms with Crippen molar-refractivity contribution in [1.29, 1.82) is 0 Å². The van der Waals surface area contributed by atoms with Crippen LogP contribution in [0.2, 0.25) is 0 Å². The maximum absolute atomic E-state index is 11.1. The summed E-state index contributed by atoms with van der Waals surface area (Å²) in [5.41, 5.74) is 1.27. The van der Waals surface area contributed by atoms with Gasteiger partial charge in [-0.05, 0) is 20.8 Å². The third-order valence-corrected chi connectivity index (χ3v) is 1.82. The molecule has 1 amide bonds. The lowest BCUT2D eigenvalue weighted by atomic mass is 10.0. The first-order valence-corrected chi connectivity index (χ1v) is 3.36. The van der Waals surface area contributed by atoms with E-state index in [1.165, 1.54) is 0 Å². The van der Waals surface area contributed by atoms with E-state index in [9.17, 15) is 9.59 Å². The number of rotatable bonds is 0. The van der Waals surface area contributed by atoms with Gasteiger partial charge >= 0.3 is 0 Å². The molecule has 0 aliphatic carbocycles. The lowest BCUT2D eigenvalue weighted by Gasteiger charge is -2.08. The number of hydrogen-bond donors (Lipinski definition) is 0. The van der Waals surface area contributed by atoms with Crippen molar-refractivity contribution in [1.82, 2.24) is 0 Å². The van der Waals surface area contributed by atoms with Crippen LogP contribution < -0.4 is 0 Å². The lowest BCUT2D eigenvalue weighted by Crippen LogP contribution is -2.21. The molecule has 58 valence electrons. The van der Waals surface area contributed by atoms with Crippen molar-refractivity contribution < 1.29 is 9.59 Å². The van der Waals surface area contributed by atoms with Crippen molar-refractivity contribution in [3.05, 3.63) is 11.1 Å². The fourth-order valence-electron chi connectivity index (χ4n) is 0.889. The van der Waals surface area contributed by atoms with Gasteiger partial charge in [-0.3, -0.25) is 9.59 Å². The Bertz CT molecular complexity index is 297. The quantitative estimate of drug-likeness (QED) is 0.516. The smallest absolute Gasteiger partial charge is 0.273 e. The summed E-state index contributed by atoms with van der Waals surface area (Å²) in [6.07, 6.45) is 0. The van der Waals surface area contributed by atoms with Crippen molar-refractivity contribution in [2.45, 2.75) is 20.8 Å². The van der Waals surface area contributed by atoms with Crippen molar-refractivity contribution >= 4 is 17.4 Å². The summed E-state index contributed by atoms with van der Waals surface area (Å²) >= 11 is 0. The Morgan fingerprint density at radius 1 is 1.00 bits per heavy atom. The van der Waals surface area contributed by atoms with Gasteiger partial charge in [0.2, 0.25) is 5.78 Å². The fraction of sp³-hybridized carbons (Fsp3) is 0.375. The van der Waals surface area contributed by atoms with Gasteiger partial charge in [-0.1, -0.05) is 0 Å². The molecular weight excluding hydrogens is 142 g/mol. The lowest BCUT2D eigenvalue weighted by molar-refractivity contribution is -0.116. The summed E-state index contributed by atoms with van der Waals surface area (Å²) in [6.45, 7) is 4.81. The summed E-state index contributed by atoms with van der Waals surface area (Å²) in [5, 5.41) is 0. The number of dihydropyridines is 1. The predicted octanol–water partition coefficient (Wildman–Crippen LogP) is 0.893. The molecule has 0 fully saturated rings. The minimum atomic E-state index is -0.292. The van der Waals surface area contributed by atoms with E-state index in [0.29, 0.717) is 11.1 Å². The first kappa shape index (κ1) is 7.85. The standard InChI is InChI=1S/C8H9NO2/c1-4-5(2)8(11)9-6(3)7(4)10/h1-3H3. The average Bonchev–Trinajstić information content (AvgIpc) is 1.97. The van der Waals surface area contributed by atoms with Crippen LogP contribution in [0.15, 0.2) is 16.1 Å². The molecule has 0 radical (unpaired) electrons. The van der Waals surface area contributed by atoms with Crippen LogP contribution in [0.5, 0.6) is 0 Å². The van der Waals surface area contributed by atoms with Crippen LogP contribution in [0.3, 0.4) is 0 Å². The molecule has 3 nitrogen and oxygen atoms in total. The monoisotopic (exact) mass is 151 g/mol. The molecule has 1 heterocycles. The molecule has 1 aliphatic heterocycles. The normalized spacial score (nSPS) is 19.0. The van der Waals surface area contributed by atoms with Gasteiger partial charge < -0.3 is 0 Å². The number of ketones is 1. The number of carbonyl (C=O) groups excluding carboxylic acids is 2. The molecule has 3 heteroatoms. The third-order valence-electron chi connectivity index (χ3n) is 1.82. The zero-order valence-corrected chi connectivity index (χ0v) is 6.76. The summed E-state index contributed by atoms with van der Waals surface area (Å²) < 4.78 is 0. The van der Waals surface area contributed by atoms with Crippen molar-refractivity contribution in [3.8, 4) is 0 Å².